The van der Waals surface area contributed by atoms with Crippen molar-refractivity contribution < 1.29 is 9.59 Å². The molecule has 3 aromatic rings. The summed E-state index contributed by atoms with van der Waals surface area (Å²) in [7, 11) is 0. The summed E-state index contributed by atoms with van der Waals surface area (Å²) < 4.78 is 0. The van der Waals surface area contributed by atoms with E-state index in [9.17, 15) is 9.59 Å². The van der Waals surface area contributed by atoms with Crippen molar-refractivity contribution in [3.63, 3.8) is 0 Å². The number of pyridine rings is 1. The zero-order valence-electron chi connectivity index (χ0n) is 17.5. The molecule has 1 unspecified atom stereocenters. The van der Waals surface area contributed by atoms with Gasteiger partial charge in [-0.3, -0.25) is 14.6 Å². The zero-order valence-corrected chi connectivity index (χ0v) is 18.3. The van der Waals surface area contributed by atoms with Crippen LogP contribution in [0.1, 0.15) is 24.5 Å². The van der Waals surface area contributed by atoms with Crippen LogP contribution in [0.5, 0.6) is 0 Å². The smallest absolute Gasteiger partial charge is 0.229 e. The van der Waals surface area contributed by atoms with Crippen LogP contribution in [0.4, 0.5) is 11.4 Å². The number of hydrogen-bond acceptors (Lipinski definition) is 4. The Balaban J connectivity index is 1.33. The van der Waals surface area contributed by atoms with E-state index in [1.54, 1.807) is 22.9 Å². The SMILES string of the molecule is CCc1cccc(N2CC(C(=O)Nc3ccc(SCc4cccnc4)cc3)CC2=O)c1. The van der Waals surface area contributed by atoms with E-state index in [4.69, 9.17) is 0 Å². The van der Waals surface area contributed by atoms with Crippen LogP contribution >= 0.6 is 11.8 Å². The Morgan fingerprint density at radius 2 is 1.94 bits per heavy atom. The molecule has 1 aliphatic rings. The van der Waals surface area contributed by atoms with Gasteiger partial charge >= 0.3 is 0 Å². The van der Waals surface area contributed by atoms with Crippen LogP contribution in [-0.4, -0.2) is 23.3 Å². The van der Waals surface area contributed by atoms with Gasteiger partial charge < -0.3 is 10.2 Å². The molecule has 1 saturated heterocycles. The highest BCUT2D eigenvalue weighted by atomic mass is 32.2. The number of aryl methyl sites for hydroxylation is 1. The number of aromatic nitrogens is 1. The number of carbonyl (C=O) groups excluding carboxylic acids is 2. The molecule has 4 rings (SSSR count). The van der Waals surface area contributed by atoms with Crippen molar-refractivity contribution >= 4 is 35.0 Å². The van der Waals surface area contributed by atoms with Crippen LogP contribution in [0.3, 0.4) is 0 Å². The van der Waals surface area contributed by atoms with Gasteiger partial charge in [-0.05, 0) is 60.0 Å². The molecule has 2 aromatic carbocycles. The van der Waals surface area contributed by atoms with E-state index < -0.39 is 0 Å². The summed E-state index contributed by atoms with van der Waals surface area (Å²) in [4.78, 5) is 32.2. The van der Waals surface area contributed by atoms with Crippen LogP contribution in [0.15, 0.2) is 78.0 Å². The molecule has 1 aromatic heterocycles. The summed E-state index contributed by atoms with van der Waals surface area (Å²) in [5.74, 6) is 0.380. The summed E-state index contributed by atoms with van der Waals surface area (Å²) in [5, 5.41) is 2.96. The quantitative estimate of drug-likeness (QED) is 0.539. The highest BCUT2D eigenvalue weighted by Gasteiger charge is 2.35. The van der Waals surface area contributed by atoms with Gasteiger partial charge in [0.05, 0.1) is 5.92 Å². The predicted octanol–water partition coefficient (Wildman–Crippen LogP) is 4.93. The van der Waals surface area contributed by atoms with Crippen molar-refractivity contribution in [2.24, 2.45) is 5.92 Å². The number of rotatable bonds is 7. The Morgan fingerprint density at radius 3 is 2.68 bits per heavy atom. The number of anilines is 2. The maximum Gasteiger partial charge on any atom is 0.229 e. The molecule has 1 N–H and O–H groups in total. The molecule has 2 amide bonds. The lowest BCUT2D eigenvalue weighted by Crippen LogP contribution is -2.28. The fraction of sp³-hybridized carbons (Fsp3) is 0.240. The van der Waals surface area contributed by atoms with Crippen molar-refractivity contribution in [2.75, 3.05) is 16.8 Å². The van der Waals surface area contributed by atoms with Crippen LogP contribution in [0.25, 0.3) is 0 Å². The molecule has 0 bridgehead atoms. The first kappa shape index (κ1) is 21.1. The molecule has 0 radical (unpaired) electrons. The van der Waals surface area contributed by atoms with Gasteiger partial charge in [0.1, 0.15) is 0 Å². The minimum absolute atomic E-state index is 0.00412. The van der Waals surface area contributed by atoms with Crippen molar-refractivity contribution in [3.8, 4) is 0 Å². The van der Waals surface area contributed by atoms with Crippen LogP contribution in [0.2, 0.25) is 0 Å². The van der Waals surface area contributed by atoms with E-state index in [-0.39, 0.29) is 24.2 Å². The van der Waals surface area contributed by atoms with Crippen LogP contribution in [-0.2, 0) is 21.8 Å². The maximum atomic E-state index is 12.8. The average molecular weight is 432 g/mol. The molecular formula is C25H25N3O2S. The Morgan fingerprint density at radius 1 is 1.13 bits per heavy atom. The van der Waals surface area contributed by atoms with E-state index >= 15 is 0 Å². The number of thioether (sulfide) groups is 1. The van der Waals surface area contributed by atoms with E-state index in [0.29, 0.717) is 6.54 Å². The van der Waals surface area contributed by atoms with Gasteiger partial charge in [-0.25, -0.2) is 0 Å². The first-order valence-corrected chi connectivity index (χ1v) is 11.4. The second kappa shape index (κ2) is 9.79. The molecule has 2 heterocycles. The zero-order chi connectivity index (χ0) is 21.6. The summed E-state index contributed by atoms with van der Waals surface area (Å²) in [6, 6.07) is 19.8. The number of nitrogens with one attached hydrogen (secondary N) is 1. The van der Waals surface area contributed by atoms with Crippen molar-refractivity contribution in [2.45, 2.75) is 30.4 Å². The second-order valence-corrected chi connectivity index (χ2v) is 8.64. The average Bonchev–Trinajstić information content (AvgIpc) is 3.21. The normalized spacial score (nSPS) is 15.8. The molecule has 0 aliphatic carbocycles. The van der Waals surface area contributed by atoms with E-state index in [0.717, 1.165) is 28.4 Å². The summed E-state index contributed by atoms with van der Waals surface area (Å²) in [5.41, 5.74) is 3.97. The standard InChI is InChI=1S/C25H25N3O2S/c1-2-18-5-3-7-22(13-18)28-16-20(14-24(28)29)25(30)27-21-8-10-23(11-9-21)31-17-19-6-4-12-26-15-19/h3-13,15,20H,2,14,16-17H2,1H3,(H,27,30). The number of carbonyl (C=O) groups is 2. The number of amides is 2. The summed E-state index contributed by atoms with van der Waals surface area (Å²) >= 11 is 1.72. The Kier molecular flexibility index (Phi) is 6.67. The minimum atomic E-state index is -0.350. The largest absolute Gasteiger partial charge is 0.326 e. The van der Waals surface area contributed by atoms with Gasteiger partial charge in [0.15, 0.2) is 0 Å². The first-order chi connectivity index (χ1) is 15.1. The number of nitrogens with zero attached hydrogens (tertiary/aromatic N) is 2. The van der Waals surface area contributed by atoms with Gasteiger partial charge in [-0.1, -0.05) is 25.1 Å². The number of hydrogen-bond donors (Lipinski definition) is 1. The molecule has 5 nitrogen and oxygen atoms in total. The van der Waals surface area contributed by atoms with Gasteiger partial charge in [-0.15, -0.1) is 11.8 Å². The molecule has 0 spiro atoms. The second-order valence-electron chi connectivity index (χ2n) is 7.59. The highest BCUT2D eigenvalue weighted by molar-refractivity contribution is 7.98. The topological polar surface area (TPSA) is 62.3 Å². The lowest BCUT2D eigenvalue weighted by Gasteiger charge is -2.17. The van der Waals surface area contributed by atoms with Crippen molar-refractivity contribution in [1.82, 2.24) is 4.98 Å². The Labute approximate surface area is 186 Å². The van der Waals surface area contributed by atoms with Crippen molar-refractivity contribution in [1.29, 1.82) is 0 Å². The first-order valence-electron chi connectivity index (χ1n) is 10.4. The molecule has 1 fully saturated rings. The summed E-state index contributed by atoms with van der Waals surface area (Å²) in [6.07, 6.45) is 4.79. The fourth-order valence-electron chi connectivity index (χ4n) is 3.61. The van der Waals surface area contributed by atoms with Gasteiger partial charge in [0, 0.05) is 47.4 Å². The van der Waals surface area contributed by atoms with Crippen LogP contribution in [0, 0.1) is 5.92 Å². The summed E-state index contributed by atoms with van der Waals surface area (Å²) in [6.45, 7) is 2.50. The van der Waals surface area contributed by atoms with Gasteiger partial charge in [-0.2, -0.15) is 0 Å². The Bertz CT molecular complexity index is 1050. The van der Waals surface area contributed by atoms with Crippen LogP contribution < -0.4 is 10.2 Å². The maximum absolute atomic E-state index is 12.8. The molecule has 6 heteroatoms. The van der Waals surface area contributed by atoms with E-state index in [2.05, 4.69) is 23.3 Å². The van der Waals surface area contributed by atoms with Crippen molar-refractivity contribution in [3.05, 3.63) is 84.2 Å². The van der Waals surface area contributed by atoms with Gasteiger partial charge in [0.25, 0.3) is 0 Å². The van der Waals surface area contributed by atoms with Gasteiger partial charge in [0.2, 0.25) is 11.8 Å². The minimum Gasteiger partial charge on any atom is -0.326 e. The molecule has 31 heavy (non-hydrogen) atoms. The molecular weight excluding hydrogens is 406 g/mol. The molecule has 158 valence electrons. The predicted molar refractivity (Wildman–Crippen MR) is 125 cm³/mol. The third-order valence-corrected chi connectivity index (χ3v) is 6.46. The third kappa shape index (κ3) is 5.33. The third-order valence-electron chi connectivity index (χ3n) is 5.38. The van der Waals surface area contributed by atoms with E-state index in [1.165, 1.54) is 11.1 Å². The molecule has 1 atom stereocenters. The lowest BCUT2D eigenvalue weighted by molar-refractivity contribution is -0.122. The monoisotopic (exact) mass is 431 g/mol. The fourth-order valence-corrected chi connectivity index (χ4v) is 4.44. The van der Waals surface area contributed by atoms with E-state index in [1.807, 2.05) is 60.8 Å². The molecule has 0 saturated carbocycles. The lowest BCUT2D eigenvalue weighted by atomic mass is 10.1. The molecule has 1 aliphatic heterocycles. The number of benzene rings is 2. The highest BCUT2D eigenvalue weighted by Crippen LogP contribution is 2.28. The Hall–Kier alpha value is -3.12.